The largest absolute Gasteiger partial charge is 0.459 e. The molecule has 4 saturated carbocycles. The van der Waals surface area contributed by atoms with E-state index in [1.54, 1.807) is 0 Å². The molecule has 0 aromatic heterocycles. The van der Waals surface area contributed by atoms with Crippen LogP contribution >= 0.6 is 21.6 Å². The van der Waals surface area contributed by atoms with Gasteiger partial charge >= 0.3 is 11.9 Å². The fourth-order valence-corrected chi connectivity index (χ4v) is 15.8. The molecule has 0 aromatic rings. The molecule has 6 bridgehead atoms. The van der Waals surface area contributed by atoms with E-state index in [0.29, 0.717) is 50.8 Å². The van der Waals surface area contributed by atoms with Crippen LogP contribution in [0.15, 0.2) is 0 Å². The van der Waals surface area contributed by atoms with Gasteiger partial charge in [-0.15, -0.1) is 0 Å². The predicted molar refractivity (Wildman–Crippen MR) is 235 cm³/mol. The number of carbonyl (C=O) groups is 2. The molecule has 8 rings (SSSR count). The molecule has 8 aliphatic rings. The van der Waals surface area contributed by atoms with Gasteiger partial charge in [0.15, 0.2) is 0 Å². The Morgan fingerprint density at radius 3 is 2.49 bits per heavy atom. The molecule has 1 spiro atoms. The van der Waals surface area contributed by atoms with Crippen molar-refractivity contribution in [3.05, 3.63) is 0 Å². The monoisotopic (exact) mass is 865 g/mol. The standard InChI is InChI=1S/C45H78N6O6S2/c1-31(52)57-44-17-12-32-23-35(41(55)38(24-32)56-36-10-4-5-11-36)29-51-30-43(28-40(51)54,26-33-14-20-48-39(46)25-33)19-21-49-42(47)50-45(15-6-7-16-45)59-58-22-8-2-3-9-34(13-18-44)37(53)27-44/h32-39,41,48,53,55H,2-30,46H2,1H3,(H3,47,49,50)/p+2/t32?,33?,34-,35?,37+,38?,39?,41?,43-,44-/m0/s1. The second kappa shape index (κ2) is 20.9. The van der Waals surface area contributed by atoms with E-state index in [9.17, 15) is 19.8 Å². The number of guanidine groups is 1. The number of hydrogen-bond acceptors (Lipinski definition) is 11. The normalized spacial score (nSPS) is 39.8. The molecule has 336 valence electrons. The highest BCUT2D eigenvalue weighted by Gasteiger charge is 2.49. The molecule has 12 nitrogen and oxygen atoms in total. The maximum Gasteiger partial charge on any atom is 0.342 e. The topological polar surface area (TPSA) is 191 Å². The van der Waals surface area contributed by atoms with E-state index in [0.717, 1.165) is 134 Å². The first kappa shape index (κ1) is 45.7. The minimum absolute atomic E-state index is 0.0715. The van der Waals surface area contributed by atoms with Crippen LogP contribution in [0.5, 0.6) is 0 Å². The van der Waals surface area contributed by atoms with Crippen LogP contribution in [0.25, 0.3) is 0 Å². The second-order valence-corrected chi connectivity index (χ2v) is 23.3. The lowest BCUT2D eigenvalue weighted by molar-refractivity contribution is -0.699. The molecular weight excluding hydrogens is 785 g/mol. The van der Waals surface area contributed by atoms with E-state index < -0.39 is 17.8 Å². The van der Waals surface area contributed by atoms with Gasteiger partial charge in [-0.3, -0.25) is 31.4 Å². The third-order valence-electron chi connectivity index (χ3n) is 15.7. The number of carbonyl (C=O) groups excluding carboxylic acids is 2. The number of nitrogens with one attached hydrogen (secondary N) is 2. The molecule has 10 N–H and O–H groups in total. The number of fused-ring (bicyclic) bond motifs is 12. The molecule has 0 radical (unpaired) electrons. The Hall–Kier alpha value is -1.29. The van der Waals surface area contributed by atoms with Crippen LogP contribution in [-0.4, -0.2) is 106 Å². The van der Waals surface area contributed by atoms with Crippen LogP contribution < -0.4 is 27.1 Å². The van der Waals surface area contributed by atoms with Gasteiger partial charge in [0.2, 0.25) is 5.91 Å². The Morgan fingerprint density at radius 2 is 1.73 bits per heavy atom. The molecule has 6 unspecified atom stereocenters. The summed E-state index contributed by atoms with van der Waals surface area (Å²) in [5, 5.41) is 29.6. The van der Waals surface area contributed by atoms with Crippen molar-refractivity contribution in [2.75, 3.05) is 31.9 Å². The number of aliphatic hydroxyl groups is 2. The van der Waals surface area contributed by atoms with Crippen molar-refractivity contribution in [2.24, 2.45) is 40.6 Å². The van der Waals surface area contributed by atoms with E-state index in [1.165, 1.54) is 19.8 Å². The van der Waals surface area contributed by atoms with Gasteiger partial charge in [-0.1, -0.05) is 36.5 Å². The van der Waals surface area contributed by atoms with Gasteiger partial charge in [0.05, 0.1) is 37.5 Å². The predicted octanol–water partition coefficient (Wildman–Crippen LogP) is 3.41. The van der Waals surface area contributed by atoms with Crippen LogP contribution in [0, 0.1) is 29.1 Å². The number of piperidine rings is 1. The summed E-state index contributed by atoms with van der Waals surface area (Å²) < 4.78 is 12.9. The van der Waals surface area contributed by atoms with Crippen molar-refractivity contribution in [2.45, 2.75) is 202 Å². The number of quaternary nitrogens is 1. The molecule has 2 saturated heterocycles. The van der Waals surface area contributed by atoms with Crippen molar-refractivity contribution in [3.63, 3.8) is 0 Å². The van der Waals surface area contributed by atoms with Crippen LogP contribution in [0.3, 0.4) is 0 Å². The Morgan fingerprint density at radius 1 is 0.949 bits per heavy atom. The summed E-state index contributed by atoms with van der Waals surface area (Å²) in [6.45, 7) is 4.43. The number of hydrogen-bond donors (Lipinski definition) is 7. The molecule has 0 aromatic carbocycles. The van der Waals surface area contributed by atoms with Gasteiger partial charge in [-0.05, 0) is 143 Å². The lowest BCUT2D eigenvalue weighted by Crippen LogP contribution is -2.94. The number of rotatable bonds is 5. The van der Waals surface area contributed by atoms with Gasteiger partial charge < -0.3 is 29.9 Å². The van der Waals surface area contributed by atoms with Crippen molar-refractivity contribution < 1.29 is 39.6 Å². The summed E-state index contributed by atoms with van der Waals surface area (Å²) in [7, 11) is 3.91. The summed E-state index contributed by atoms with van der Waals surface area (Å²) in [4.78, 5) is 32.4. The quantitative estimate of drug-likeness (QED) is 0.159. The number of nitrogens with two attached hydrogens (primary N) is 3. The first-order valence-corrected chi connectivity index (χ1v) is 26.3. The number of ether oxygens (including phenoxy) is 2. The molecular formula is C45H80N6O6S2+2. The minimum Gasteiger partial charge on any atom is -0.459 e. The van der Waals surface area contributed by atoms with Crippen molar-refractivity contribution in [1.82, 2.24) is 10.2 Å². The molecule has 1 amide bonds. The van der Waals surface area contributed by atoms with E-state index in [2.05, 4.69) is 20.5 Å². The lowest BCUT2D eigenvalue weighted by Gasteiger charge is -2.45. The maximum absolute atomic E-state index is 14.2. The van der Waals surface area contributed by atoms with Gasteiger partial charge in [0.1, 0.15) is 16.6 Å². The van der Waals surface area contributed by atoms with Crippen molar-refractivity contribution >= 4 is 39.4 Å². The number of esters is 1. The Kier molecular flexibility index (Phi) is 16.2. The zero-order valence-electron chi connectivity index (χ0n) is 36.2. The number of aliphatic hydroxyl groups excluding tert-OH is 2. The SMILES string of the molecule is CC(=O)O[C@@]12CCC3CC(CN4C[C@](CC5CC[NH2+]C(N)C5)(CC[NH+]=C(N)NC5(CCCC5)SSCCCCC[C@@H](CC1)[C@H](O)C2)CC4=O)C(O)C(OC1CCCC1)C3. The van der Waals surface area contributed by atoms with Crippen LogP contribution in [0.2, 0.25) is 0 Å². The summed E-state index contributed by atoms with van der Waals surface area (Å²) >= 11 is 0. The summed E-state index contributed by atoms with van der Waals surface area (Å²) in [5.74, 6) is 2.49. The zero-order valence-corrected chi connectivity index (χ0v) is 37.9. The summed E-state index contributed by atoms with van der Waals surface area (Å²) in [6, 6.07) is 0. The highest BCUT2D eigenvalue weighted by Crippen LogP contribution is 2.48. The van der Waals surface area contributed by atoms with E-state index in [4.69, 9.17) is 20.9 Å². The highest BCUT2D eigenvalue weighted by molar-refractivity contribution is 8.77. The first-order valence-electron chi connectivity index (χ1n) is 23.9. The smallest absolute Gasteiger partial charge is 0.342 e. The Balaban J connectivity index is 1.12. The average Bonchev–Trinajstić information content (AvgIpc) is 3.94. The van der Waals surface area contributed by atoms with Crippen LogP contribution in [0.1, 0.15) is 161 Å². The van der Waals surface area contributed by atoms with Crippen LogP contribution in [-0.2, 0) is 19.1 Å². The van der Waals surface area contributed by atoms with Gasteiger partial charge in [0, 0.05) is 50.9 Å². The molecule has 10 atom stereocenters. The van der Waals surface area contributed by atoms with E-state index in [1.807, 2.05) is 21.6 Å². The molecule has 59 heavy (non-hydrogen) atoms. The summed E-state index contributed by atoms with van der Waals surface area (Å²) in [6.07, 6.45) is 21.9. The molecule has 4 heterocycles. The fraction of sp³-hybridized carbons (Fsp3) is 0.933. The van der Waals surface area contributed by atoms with Crippen molar-refractivity contribution in [3.8, 4) is 0 Å². The lowest BCUT2D eigenvalue weighted by atomic mass is 9.70. The van der Waals surface area contributed by atoms with Crippen LogP contribution in [0.4, 0.5) is 0 Å². The fourth-order valence-electron chi connectivity index (χ4n) is 12.6. The molecule has 14 heteroatoms. The zero-order chi connectivity index (χ0) is 41.5. The number of amides is 1. The Bertz CT molecular complexity index is 1420. The maximum atomic E-state index is 14.2. The van der Waals surface area contributed by atoms with Crippen molar-refractivity contribution in [1.29, 1.82) is 0 Å². The van der Waals surface area contributed by atoms with Gasteiger partial charge in [-0.2, -0.15) is 0 Å². The van der Waals surface area contributed by atoms with Gasteiger partial charge in [0.25, 0.3) is 0 Å². The third kappa shape index (κ3) is 12.5. The van der Waals surface area contributed by atoms with E-state index in [-0.39, 0.29) is 58.3 Å². The van der Waals surface area contributed by atoms with Gasteiger partial charge in [-0.25, -0.2) is 0 Å². The number of nitrogens with zero attached hydrogens (tertiary/aromatic N) is 1. The first-order chi connectivity index (χ1) is 28.4. The average molecular weight is 865 g/mol. The van der Waals surface area contributed by atoms with E-state index >= 15 is 0 Å². The second-order valence-electron chi connectivity index (χ2n) is 20.5. The molecule has 4 aliphatic heterocycles. The highest BCUT2D eigenvalue weighted by atomic mass is 33.1. The molecule has 4 aliphatic carbocycles. The molecule has 6 fully saturated rings. The minimum atomic E-state index is -0.670. The Labute approximate surface area is 362 Å². The third-order valence-corrected chi connectivity index (χ3v) is 18.9. The summed E-state index contributed by atoms with van der Waals surface area (Å²) in [5.41, 5.74) is 12.3.